The van der Waals surface area contributed by atoms with Gasteiger partial charge in [-0.15, -0.1) is 11.3 Å². The van der Waals surface area contributed by atoms with Crippen LogP contribution in [0, 0.1) is 0 Å². The van der Waals surface area contributed by atoms with E-state index in [1.807, 2.05) is 18.2 Å². The van der Waals surface area contributed by atoms with Crippen LogP contribution in [-0.2, 0) is 0 Å². The molecule has 0 aliphatic heterocycles. The number of rotatable bonds is 2. The van der Waals surface area contributed by atoms with Crippen molar-refractivity contribution in [3.63, 3.8) is 0 Å². The van der Waals surface area contributed by atoms with E-state index < -0.39 is 0 Å². The van der Waals surface area contributed by atoms with Crippen molar-refractivity contribution in [1.29, 1.82) is 0 Å². The van der Waals surface area contributed by atoms with Gasteiger partial charge in [0.05, 0.1) is 10.2 Å². The number of hydrogen-bond acceptors (Lipinski definition) is 3. The number of halogens is 1. The lowest BCUT2D eigenvalue weighted by atomic mass is 10.3. The van der Waals surface area contributed by atoms with E-state index in [0.29, 0.717) is 5.25 Å². The summed E-state index contributed by atoms with van der Waals surface area (Å²) < 4.78 is 2.33. The van der Waals surface area contributed by atoms with Crippen molar-refractivity contribution in [3.8, 4) is 0 Å². The third-order valence-electron chi connectivity index (χ3n) is 1.67. The fraction of sp³-hybridized carbons (Fsp3) is 0.300. The summed E-state index contributed by atoms with van der Waals surface area (Å²) in [4.78, 5) is 4.51. The highest BCUT2D eigenvalue weighted by Gasteiger charge is 2.06. The summed E-state index contributed by atoms with van der Waals surface area (Å²) >= 11 is 9.41. The molecular weight excluding hydrogens is 234 g/mol. The third kappa shape index (κ3) is 2.22. The smallest absolute Gasteiger partial charge is 0.151 e. The van der Waals surface area contributed by atoms with E-state index in [0.717, 1.165) is 14.9 Å². The second-order valence-electron chi connectivity index (χ2n) is 3.26. The summed E-state index contributed by atoms with van der Waals surface area (Å²) in [6.07, 6.45) is 0. The van der Waals surface area contributed by atoms with Gasteiger partial charge in [-0.2, -0.15) is 0 Å². The summed E-state index contributed by atoms with van der Waals surface area (Å²) in [6, 6.07) is 5.85. The molecule has 0 bridgehead atoms. The summed E-state index contributed by atoms with van der Waals surface area (Å²) in [7, 11) is 0. The van der Waals surface area contributed by atoms with E-state index in [-0.39, 0.29) is 0 Å². The molecule has 1 heterocycles. The zero-order valence-corrected chi connectivity index (χ0v) is 10.3. The molecule has 14 heavy (non-hydrogen) atoms. The SMILES string of the molecule is CC(C)Sc1nc2cc(Cl)ccc2s1. The minimum absolute atomic E-state index is 0.575. The average molecular weight is 244 g/mol. The van der Waals surface area contributed by atoms with Crippen LogP contribution in [0.1, 0.15) is 13.8 Å². The largest absolute Gasteiger partial charge is 0.230 e. The maximum absolute atomic E-state index is 5.89. The molecule has 4 heteroatoms. The van der Waals surface area contributed by atoms with Gasteiger partial charge in [0.15, 0.2) is 4.34 Å². The van der Waals surface area contributed by atoms with Gasteiger partial charge in [-0.3, -0.25) is 0 Å². The minimum Gasteiger partial charge on any atom is -0.230 e. The molecule has 2 rings (SSSR count). The standard InChI is InChI=1S/C10H10ClNS2/c1-6(2)13-10-12-8-5-7(11)3-4-9(8)14-10/h3-6H,1-2H3. The molecule has 0 spiro atoms. The Balaban J connectivity index is 2.41. The molecular formula is C10H10ClNS2. The van der Waals surface area contributed by atoms with Crippen molar-refractivity contribution in [1.82, 2.24) is 4.98 Å². The first-order valence-electron chi connectivity index (χ1n) is 4.38. The van der Waals surface area contributed by atoms with Gasteiger partial charge in [0.25, 0.3) is 0 Å². The first-order chi connectivity index (χ1) is 6.65. The molecule has 1 nitrogen and oxygen atoms in total. The molecule has 0 saturated heterocycles. The molecule has 0 atom stereocenters. The lowest BCUT2D eigenvalue weighted by molar-refractivity contribution is 1.10. The number of thiazole rings is 1. The van der Waals surface area contributed by atoms with Crippen molar-refractivity contribution >= 4 is 44.9 Å². The van der Waals surface area contributed by atoms with E-state index in [4.69, 9.17) is 11.6 Å². The number of benzene rings is 1. The normalized spacial score (nSPS) is 11.4. The van der Waals surface area contributed by atoms with Gasteiger partial charge in [0.2, 0.25) is 0 Å². The Bertz CT molecular complexity index is 450. The predicted octanol–water partition coefficient (Wildman–Crippen LogP) is 4.45. The second-order valence-corrected chi connectivity index (χ2v) is 6.55. The highest BCUT2D eigenvalue weighted by atomic mass is 35.5. The molecule has 74 valence electrons. The lowest BCUT2D eigenvalue weighted by Crippen LogP contribution is -1.83. The highest BCUT2D eigenvalue weighted by molar-refractivity contribution is 8.01. The molecule has 1 aromatic heterocycles. The second kappa shape index (κ2) is 4.09. The summed E-state index contributed by atoms with van der Waals surface area (Å²) in [5.74, 6) is 0. The number of thioether (sulfide) groups is 1. The quantitative estimate of drug-likeness (QED) is 0.723. The zero-order chi connectivity index (χ0) is 10.1. The van der Waals surface area contributed by atoms with E-state index >= 15 is 0 Å². The van der Waals surface area contributed by atoms with Gasteiger partial charge in [-0.25, -0.2) is 4.98 Å². The topological polar surface area (TPSA) is 12.9 Å². The van der Waals surface area contributed by atoms with Gasteiger partial charge in [-0.1, -0.05) is 37.2 Å². The van der Waals surface area contributed by atoms with Crippen molar-refractivity contribution in [2.24, 2.45) is 0 Å². The predicted molar refractivity (Wildman–Crippen MR) is 65.6 cm³/mol. The van der Waals surface area contributed by atoms with Gasteiger partial charge >= 0.3 is 0 Å². The van der Waals surface area contributed by atoms with Crippen LogP contribution in [0.5, 0.6) is 0 Å². The maximum Gasteiger partial charge on any atom is 0.151 e. The fourth-order valence-corrected chi connectivity index (χ4v) is 3.57. The molecule has 0 amide bonds. The van der Waals surface area contributed by atoms with Crippen LogP contribution in [-0.4, -0.2) is 10.2 Å². The van der Waals surface area contributed by atoms with Gasteiger partial charge in [0.1, 0.15) is 0 Å². The average Bonchev–Trinajstić information content (AvgIpc) is 2.44. The Morgan fingerprint density at radius 2 is 2.21 bits per heavy atom. The zero-order valence-electron chi connectivity index (χ0n) is 7.95. The number of fused-ring (bicyclic) bond motifs is 1. The molecule has 0 aliphatic carbocycles. The number of aromatic nitrogens is 1. The van der Waals surface area contributed by atoms with Crippen LogP contribution in [0.4, 0.5) is 0 Å². The van der Waals surface area contributed by atoms with Crippen LogP contribution >= 0.6 is 34.7 Å². The molecule has 0 saturated carbocycles. The number of hydrogen-bond donors (Lipinski definition) is 0. The Morgan fingerprint density at radius 1 is 1.43 bits per heavy atom. The van der Waals surface area contributed by atoms with Crippen LogP contribution in [0.3, 0.4) is 0 Å². The molecule has 0 fully saturated rings. The monoisotopic (exact) mass is 243 g/mol. The van der Waals surface area contributed by atoms with Crippen molar-refractivity contribution in [2.75, 3.05) is 0 Å². The van der Waals surface area contributed by atoms with E-state index in [9.17, 15) is 0 Å². The maximum atomic E-state index is 5.89. The molecule has 0 N–H and O–H groups in total. The van der Waals surface area contributed by atoms with Crippen LogP contribution in [0.15, 0.2) is 22.5 Å². The molecule has 0 radical (unpaired) electrons. The third-order valence-corrected chi connectivity index (χ3v) is 4.04. The lowest BCUT2D eigenvalue weighted by Gasteiger charge is -1.97. The Morgan fingerprint density at radius 3 is 2.93 bits per heavy atom. The van der Waals surface area contributed by atoms with E-state index in [1.165, 1.54) is 4.70 Å². The molecule has 0 aliphatic rings. The van der Waals surface area contributed by atoms with Crippen molar-refractivity contribution in [2.45, 2.75) is 23.4 Å². The highest BCUT2D eigenvalue weighted by Crippen LogP contribution is 2.32. The first-order valence-corrected chi connectivity index (χ1v) is 6.45. The Kier molecular flexibility index (Phi) is 3.00. The van der Waals surface area contributed by atoms with Crippen LogP contribution in [0.25, 0.3) is 10.2 Å². The van der Waals surface area contributed by atoms with E-state index in [1.54, 1.807) is 23.1 Å². The van der Waals surface area contributed by atoms with Gasteiger partial charge < -0.3 is 0 Å². The van der Waals surface area contributed by atoms with E-state index in [2.05, 4.69) is 18.8 Å². The van der Waals surface area contributed by atoms with Crippen molar-refractivity contribution < 1.29 is 0 Å². The molecule has 1 aromatic carbocycles. The Labute approximate surface area is 96.5 Å². The Hall–Kier alpha value is -0.250. The van der Waals surface area contributed by atoms with Gasteiger partial charge in [-0.05, 0) is 18.2 Å². The van der Waals surface area contributed by atoms with Crippen LogP contribution < -0.4 is 0 Å². The summed E-state index contributed by atoms with van der Waals surface area (Å²) in [5, 5.41) is 1.33. The summed E-state index contributed by atoms with van der Waals surface area (Å²) in [6.45, 7) is 4.34. The molecule has 2 aromatic rings. The molecule has 0 unspecified atom stereocenters. The first kappa shape index (κ1) is 10.3. The number of nitrogens with zero attached hydrogens (tertiary/aromatic N) is 1. The van der Waals surface area contributed by atoms with Gasteiger partial charge in [0, 0.05) is 10.3 Å². The summed E-state index contributed by atoms with van der Waals surface area (Å²) in [5.41, 5.74) is 1.01. The van der Waals surface area contributed by atoms with Crippen molar-refractivity contribution in [3.05, 3.63) is 23.2 Å². The minimum atomic E-state index is 0.575. The fourth-order valence-electron chi connectivity index (χ4n) is 1.13. The van der Waals surface area contributed by atoms with Crippen LogP contribution in [0.2, 0.25) is 5.02 Å².